The molecule has 2 bridgehead atoms. The van der Waals surface area contributed by atoms with Crippen molar-refractivity contribution >= 4 is 50.9 Å². The predicted molar refractivity (Wildman–Crippen MR) is 209 cm³/mol. The highest BCUT2D eigenvalue weighted by Gasteiger charge is 2.51. The number of nitrogens with zero attached hydrogens (tertiary/aromatic N) is 7. The Balaban J connectivity index is 1.16. The predicted octanol–water partition coefficient (Wildman–Crippen LogP) is 8.18. The van der Waals surface area contributed by atoms with E-state index >= 15 is 4.39 Å². The van der Waals surface area contributed by atoms with Gasteiger partial charge in [-0.2, -0.15) is 5.26 Å². The van der Waals surface area contributed by atoms with Crippen molar-refractivity contribution in [2.75, 3.05) is 26.3 Å². The summed E-state index contributed by atoms with van der Waals surface area (Å²) in [6.07, 6.45) is 8.04. The molecule has 6 aliphatic rings. The molecule has 1 N–H and O–H groups in total. The molecule has 2 saturated carbocycles. The lowest BCUT2D eigenvalue weighted by Crippen LogP contribution is -2.41. The summed E-state index contributed by atoms with van der Waals surface area (Å²) in [6, 6.07) is 11.9. The third-order valence-electron chi connectivity index (χ3n) is 13.4. The number of benzene rings is 2. The minimum atomic E-state index is -0.477. The van der Waals surface area contributed by atoms with Crippen LogP contribution in [0.4, 0.5) is 4.39 Å². The van der Waals surface area contributed by atoms with E-state index < -0.39 is 5.82 Å². The van der Waals surface area contributed by atoms with Crippen molar-refractivity contribution in [3.05, 3.63) is 75.0 Å². The topological polar surface area (TPSA) is 114 Å². The van der Waals surface area contributed by atoms with E-state index in [-0.39, 0.29) is 58.4 Å². The zero-order chi connectivity index (χ0) is 37.7. The lowest BCUT2D eigenvalue weighted by molar-refractivity contribution is -0.133. The van der Waals surface area contributed by atoms with Crippen molar-refractivity contribution in [1.29, 1.82) is 5.26 Å². The van der Waals surface area contributed by atoms with E-state index in [9.17, 15) is 10.1 Å². The zero-order valence-electron chi connectivity index (χ0n) is 31.0. The van der Waals surface area contributed by atoms with Crippen LogP contribution in [0.1, 0.15) is 92.6 Å². The van der Waals surface area contributed by atoms with Gasteiger partial charge in [-0.1, -0.05) is 47.5 Å². The Labute approximate surface area is 328 Å². The minimum absolute atomic E-state index is 0.0453. The molecule has 3 aromatic heterocycles. The number of aryl methyl sites for hydroxylation is 2. The van der Waals surface area contributed by atoms with Gasteiger partial charge in [0.15, 0.2) is 5.82 Å². The Morgan fingerprint density at radius 1 is 1.16 bits per heavy atom. The van der Waals surface area contributed by atoms with E-state index in [1.54, 1.807) is 18.2 Å². The third-order valence-corrected chi connectivity index (χ3v) is 14.2. The molecule has 2 aliphatic carbocycles. The summed E-state index contributed by atoms with van der Waals surface area (Å²) in [5.74, 6) is 0.183. The van der Waals surface area contributed by atoms with Crippen LogP contribution >= 0.6 is 23.2 Å². The van der Waals surface area contributed by atoms with Gasteiger partial charge >= 0.3 is 0 Å². The molecule has 7 heterocycles. The van der Waals surface area contributed by atoms with Crippen LogP contribution in [-0.2, 0) is 21.4 Å². The van der Waals surface area contributed by atoms with Gasteiger partial charge in [-0.05, 0) is 81.5 Å². The van der Waals surface area contributed by atoms with Crippen LogP contribution in [0.25, 0.3) is 32.9 Å². The van der Waals surface area contributed by atoms with Crippen LogP contribution < -0.4 is 5.32 Å². The van der Waals surface area contributed by atoms with Crippen LogP contribution in [0, 0.1) is 35.9 Å². The molecule has 6 fully saturated rings. The molecule has 2 aromatic carbocycles. The molecule has 11 rings (SSSR count). The Morgan fingerprint density at radius 2 is 1.98 bits per heavy atom. The summed E-state index contributed by atoms with van der Waals surface area (Å²) < 4.78 is 27.4. The highest BCUT2D eigenvalue weighted by Crippen LogP contribution is 2.52. The number of aromatic nitrogens is 5. The second-order valence-corrected chi connectivity index (χ2v) is 17.5. The number of amides is 1. The average Bonchev–Trinajstić information content (AvgIpc) is 3.68. The number of likely N-dealkylation sites (tertiary alicyclic amines) is 1. The molecule has 0 radical (unpaired) electrons. The number of carbonyl (C=O) groups excluding carboxylic acids is 1. The van der Waals surface area contributed by atoms with Gasteiger partial charge in [0.05, 0.1) is 45.5 Å². The average molecular weight is 782 g/mol. The van der Waals surface area contributed by atoms with Crippen molar-refractivity contribution in [2.45, 2.75) is 94.8 Å². The Bertz CT molecular complexity index is 2410. The normalized spacial score (nSPS) is 25.8. The van der Waals surface area contributed by atoms with Gasteiger partial charge in [0.2, 0.25) is 5.91 Å². The van der Waals surface area contributed by atoms with Crippen LogP contribution in [0.3, 0.4) is 0 Å². The van der Waals surface area contributed by atoms with E-state index in [2.05, 4.69) is 50.4 Å². The largest absolute Gasteiger partial charge is 0.381 e. The molecule has 1 amide bonds. The zero-order valence-corrected chi connectivity index (χ0v) is 32.5. The number of halogens is 3. The van der Waals surface area contributed by atoms with E-state index in [1.807, 2.05) is 17.7 Å². The highest BCUT2D eigenvalue weighted by atomic mass is 35.5. The molecule has 4 saturated heterocycles. The first kappa shape index (κ1) is 35.3. The van der Waals surface area contributed by atoms with Gasteiger partial charge in [0.25, 0.3) is 0 Å². The molecule has 10 nitrogen and oxygen atoms in total. The third kappa shape index (κ3) is 5.61. The molecule has 13 heteroatoms. The summed E-state index contributed by atoms with van der Waals surface area (Å²) in [5.41, 5.74) is 5.34. The van der Waals surface area contributed by atoms with Crippen molar-refractivity contribution in [3.63, 3.8) is 0 Å². The Morgan fingerprint density at radius 3 is 2.71 bits per heavy atom. The molecular weight excluding hydrogens is 738 g/mol. The fourth-order valence-corrected chi connectivity index (χ4v) is 10.4. The summed E-state index contributed by atoms with van der Waals surface area (Å²) in [7, 11) is 0. The number of pyridine rings is 1. The van der Waals surface area contributed by atoms with Crippen molar-refractivity contribution < 1.29 is 13.9 Å². The van der Waals surface area contributed by atoms with E-state index in [0.717, 1.165) is 60.9 Å². The summed E-state index contributed by atoms with van der Waals surface area (Å²) in [4.78, 5) is 21.3. The van der Waals surface area contributed by atoms with Gasteiger partial charge in [0.1, 0.15) is 5.52 Å². The van der Waals surface area contributed by atoms with Crippen molar-refractivity contribution in [2.24, 2.45) is 11.8 Å². The van der Waals surface area contributed by atoms with E-state index in [1.165, 1.54) is 0 Å². The highest BCUT2D eigenvalue weighted by molar-refractivity contribution is 6.43. The van der Waals surface area contributed by atoms with Crippen LogP contribution in [0.15, 0.2) is 36.5 Å². The van der Waals surface area contributed by atoms with Crippen LogP contribution in [0.2, 0.25) is 10.0 Å². The number of nitrogens with one attached hydrogen (secondary N) is 1. The molecule has 5 atom stereocenters. The molecule has 284 valence electrons. The van der Waals surface area contributed by atoms with Crippen molar-refractivity contribution in [3.8, 4) is 17.2 Å². The number of hydrogen-bond acceptors (Lipinski definition) is 7. The molecular formula is C42H43Cl2FN8O2. The van der Waals surface area contributed by atoms with E-state index in [4.69, 9.17) is 32.9 Å². The first-order valence-electron chi connectivity index (χ1n) is 19.7. The Hall–Kier alpha value is -4.08. The number of hydrogen-bond donors (Lipinski definition) is 1. The van der Waals surface area contributed by atoms with Crippen molar-refractivity contribution in [1.82, 2.24) is 34.8 Å². The monoisotopic (exact) mass is 780 g/mol. The second-order valence-electron chi connectivity index (χ2n) is 16.7. The lowest BCUT2D eigenvalue weighted by atomic mass is 9.79. The van der Waals surface area contributed by atoms with Crippen LogP contribution in [0.5, 0.6) is 0 Å². The first-order chi connectivity index (χ1) is 26.6. The van der Waals surface area contributed by atoms with Gasteiger partial charge < -0.3 is 19.5 Å². The fraction of sp³-hybridized carbons (Fsp3) is 0.500. The van der Waals surface area contributed by atoms with Gasteiger partial charge in [-0.15, -0.1) is 5.10 Å². The van der Waals surface area contributed by atoms with Gasteiger partial charge in [0, 0.05) is 89.6 Å². The lowest BCUT2D eigenvalue weighted by Gasteiger charge is -2.39. The summed E-state index contributed by atoms with van der Waals surface area (Å²) >= 11 is 13.2. The first-order valence-corrected chi connectivity index (χ1v) is 20.4. The maximum atomic E-state index is 17.3. The number of ether oxygens (including phenoxy) is 1. The maximum absolute atomic E-state index is 17.3. The van der Waals surface area contributed by atoms with Gasteiger partial charge in [-0.3, -0.25) is 4.79 Å². The summed E-state index contributed by atoms with van der Waals surface area (Å²) in [6.45, 7) is 7.07. The number of fused-ring (bicyclic) bond motifs is 4. The Kier molecular flexibility index (Phi) is 8.52. The molecule has 55 heavy (non-hydrogen) atoms. The van der Waals surface area contributed by atoms with Gasteiger partial charge in [-0.25, -0.2) is 14.1 Å². The number of nitriles is 1. The smallest absolute Gasteiger partial charge is 0.226 e. The molecule has 5 aromatic rings. The molecule has 0 spiro atoms. The molecule has 4 aliphatic heterocycles. The fourth-order valence-electron chi connectivity index (χ4n) is 10.0. The number of rotatable bonds is 8. The minimum Gasteiger partial charge on any atom is -0.381 e. The summed E-state index contributed by atoms with van der Waals surface area (Å²) in [5, 5.41) is 25.0. The SMILES string of the molecule is Cc1nc2c(F)c(-c3cccc(Cl)c3Cl)c(CCC#N)cc2c2c1cc([C@H]1C[C@H](n3cc(C4(C)CCOCC4)nn3)CN1C(=O)C1CC1)n2[C@H]1[C@H]2CN[C@@H]1C2. The van der Waals surface area contributed by atoms with Crippen LogP contribution in [-0.4, -0.2) is 67.7 Å². The second kappa shape index (κ2) is 13.3. The quantitative estimate of drug-likeness (QED) is 0.169. The maximum Gasteiger partial charge on any atom is 0.226 e. The number of carbonyl (C=O) groups is 1. The molecule has 0 unspecified atom stereocenters. The standard InChI is InChI=1S/C42H43Cl2FN8O2/c1-22-28-18-33(32-17-26(20-51(32)41(54)23-8-9-23)52-21-34(49-50-52)42(2)10-13-55-14-11-42)53(39-25-16-31(39)47-19-25)40(28)29-15-24(5-4-12-46)35(37(45)38(29)48-22)27-6-3-7-30(43)36(27)44/h3,6-7,15,18,21,23,25-26,31-32,39,47H,4-5,8-11,13-14,16-17,19-20H2,1-2H3/t25-,26+,31-,32-,39+/m1/s1. The van der Waals surface area contributed by atoms with E-state index in [0.29, 0.717) is 71.3 Å².